The van der Waals surface area contributed by atoms with Gasteiger partial charge in [-0.15, -0.1) is 0 Å². The molecule has 0 atom stereocenters. The Labute approximate surface area is 468 Å². The summed E-state index contributed by atoms with van der Waals surface area (Å²) in [5.41, 5.74) is 0.0101. The number of alkyl halides is 12. The maximum Gasteiger partial charge on any atom is 0.416 e. The number of nitrogens with zero attached hydrogens (tertiary/aromatic N) is 6. The van der Waals surface area contributed by atoms with Crippen LogP contribution in [0.3, 0.4) is 0 Å². The molecule has 4 aromatic heterocycles. The summed E-state index contributed by atoms with van der Waals surface area (Å²) in [7, 11) is 0. The molecule has 0 unspecified atom stereocenters. The smallest absolute Gasteiger partial charge is 0.309 e. The maximum atomic E-state index is 14.2. The Morgan fingerprint density at radius 2 is 0.655 bits per heavy atom. The fourth-order valence-electron chi connectivity index (χ4n) is 10.9. The predicted molar refractivity (Wildman–Crippen MR) is 299 cm³/mol. The van der Waals surface area contributed by atoms with Crippen molar-refractivity contribution in [3.05, 3.63) is 241 Å². The van der Waals surface area contributed by atoms with Crippen LogP contribution in [0.15, 0.2) is 219 Å². The van der Waals surface area contributed by atoms with E-state index in [4.69, 9.17) is 15.0 Å². The SMILES string of the molecule is FC(F)(F)c1cc(-c2ccc3c(c2)c2ccccc2n3-c2ccncc2-c2ccc(-c3nc(-c4ccccc4)nc(-c4ccccc4)n3)cc2-n2c3ccccc3c3cc(-c4cc(C(F)(F)F)cc(C(F)(F)F)c4)ccc32)cc(C(F)(F)F)c1. The molecule has 0 saturated heterocycles. The van der Waals surface area contributed by atoms with Crippen LogP contribution in [0.25, 0.3) is 123 Å². The Balaban J connectivity index is 1.06. The fraction of sp³-hybridized carbons (Fsp3) is 0.0606. The average Bonchev–Trinajstić information content (AvgIpc) is 2.19. The van der Waals surface area contributed by atoms with E-state index in [1.165, 1.54) is 12.1 Å². The molecule has 0 aliphatic carbocycles. The lowest BCUT2D eigenvalue weighted by molar-refractivity contribution is -0.144. The normalized spacial score (nSPS) is 12.5. The van der Waals surface area contributed by atoms with E-state index in [9.17, 15) is 52.7 Å². The van der Waals surface area contributed by atoms with Crippen molar-refractivity contribution < 1.29 is 52.7 Å². The van der Waals surface area contributed by atoms with E-state index in [0.29, 0.717) is 119 Å². The molecule has 0 N–H and O–H groups in total. The zero-order valence-corrected chi connectivity index (χ0v) is 43.0. The number of fused-ring (bicyclic) bond motifs is 6. The highest BCUT2D eigenvalue weighted by molar-refractivity contribution is 6.13. The highest BCUT2D eigenvalue weighted by Gasteiger charge is 2.39. The number of halogens is 12. The molecule has 9 aromatic carbocycles. The van der Waals surface area contributed by atoms with Crippen LogP contribution in [0, 0.1) is 0 Å². The number of para-hydroxylation sites is 2. The van der Waals surface area contributed by atoms with Gasteiger partial charge in [-0.1, -0.05) is 121 Å². The molecule has 0 saturated carbocycles. The van der Waals surface area contributed by atoms with Gasteiger partial charge in [0.15, 0.2) is 17.5 Å². The molecule has 13 rings (SSSR count). The molecule has 4 heterocycles. The quantitative estimate of drug-likeness (QED) is 0.142. The lowest BCUT2D eigenvalue weighted by Crippen LogP contribution is -2.11. The summed E-state index contributed by atoms with van der Waals surface area (Å²) < 4.78 is 174. The average molecular weight is 1140 g/mol. The molecule has 0 radical (unpaired) electrons. The van der Waals surface area contributed by atoms with Crippen molar-refractivity contribution in [2.24, 2.45) is 0 Å². The van der Waals surface area contributed by atoms with E-state index in [0.717, 1.165) is 0 Å². The molecule has 0 aliphatic rings. The van der Waals surface area contributed by atoms with E-state index in [1.54, 1.807) is 79.1 Å². The van der Waals surface area contributed by atoms with Crippen molar-refractivity contribution in [3.63, 3.8) is 0 Å². The minimum atomic E-state index is -5.09. The van der Waals surface area contributed by atoms with E-state index >= 15 is 0 Å². The topological polar surface area (TPSA) is 61.4 Å². The molecule has 6 nitrogen and oxygen atoms in total. The third-order valence-corrected chi connectivity index (χ3v) is 14.7. The first-order valence-electron chi connectivity index (χ1n) is 25.8. The first-order valence-corrected chi connectivity index (χ1v) is 25.8. The minimum absolute atomic E-state index is 0.0839. The zero-order chi connectivity index (χ0) is 58.5. The maximum absolute atomic E-state index is 14.2. The van der Waals surface area contributed by atoms with Gasteiger partial charge in [-0.25, -0.2) is 15.0 Å². The second kappa shape index (κ2) is 19.8. The number of hydrogen-bond donors (Lipinski definition) is 0. The van der Waals surface area contributed by atoms with Crippen LogP contribution in [0.5, 0.6) is 0 Å². The predicted octanol–water partition coefficient (Wildman–Crippen LogP) is 19.5. The van der Waals surface area contributed by atoms with Crippen molar-refractivity contribution >= 4 is 43.6 Å². The second-order valence-corrected chi connectivity index (χ2v) is 19.9. The van der Waals surface area contributed by atoms with Gasteiger partial charge in [0.25, 0.3) is 0 Å². The summed E-state index contributed by atoms with van der Waals surface area (Å²) in [6, 6.07) is 52.5. The van der Waals surface area contributed by atoms with Crippen LogP contribution in [0.2, 0.25) is 0 Å². The Bertz CT molecular complexity index is 4610. The Morgan fingerprint density at radius 1 is 0.274 bits per heavy atom. The van der Waals surface area contributed by atoms with Gasteiger partial charge in [-0.05, 0) is 107 Å². The molecule has 0 amide bonds. The summed E-state index contributed by atoms with van der Waals surface area (Å²) >= 11 is 0. The molecule has 13 aromatic rings. The zero-order valence-electron chi connectivity index (χ0n) is 43.0. The van der Waals surface area contributed by atoms with Crippen LogP contribution >= 0.6 is 0 Å². The third-order valence-electron chi connectivity index (χ3n) is 14.7. The molecule has 84 heavy (non-hydrogen) atoms. The molecule has 0 bridgehead atoms. The molecule has 18 heteroatoms. The van der Waals surface area contributed by atoms with E-state index in [2.05, 4.69) is 4.98 Å². The van der Waals surface area contributed by atoms with Gasteiger partial charge in [0.1, 0.15) is 0 Å². The van der Waals surface area contributed by atoms with Crippen LogP contribution < -0.4 is 0 Å². The van der Waals surface area contributed by atoms with Crippen LogP contribution in [-0.4, -0.2) is 29.1 Å². The number of pyridine rings is 1. The largest absolute Gasteiger partial charge is 0.416 e. The van der Waals surface area contributed by atoms with E-state index in [-0.39, 0.29) is 40.2 Å². The first kappa shape index (κ1) is 53.2. The molecular weight excluding hydrogens is 1100 g/mol. The Hall–Kier alpha value is -10.1. The number of hydrogen-bond acceptors (Lipinski definition) is 4. The first-order chi connectivity index (χ1) is 40.2. The van der Waals surface area contributed by atoms with Gasteiger partial charge in [0.2, 0.25) is 0 Å². The number of aromatic nitrogens is 6. The molecule has 414 valence electrons. The second-order valence-electron chi connectivity index (χ2n) is 19.9. The molecule has 0 aliphatic heterocycles. The van der Waals surface area contributed by atoms with Crippen LogP contribution in [0.1, 0.15) is 22.3 Å². The fourth-order valence-corrected chi connectivity index (χ4v) is 10.9. The van der Waals surface area contributed by atoms with E-state index < -0.39 is 47.0 Å². The number of rotatable bonds is 8. The van der Waals surface area contributed by atoms with Crippen LogP contribution in [-0.2, 0) is 24.7 Å². The summed E-state index contributed by atoms with van der Waals surface area (Å²) in [5, 5.41) is 2.21. The lowest BCUT2D eigenvalue weighted by Gasteiger charge is -2.19. The minimum Gasteiger partial charge on any atom is -0.309 e. The molecule has 0 fully saturated rings. The summed E-state index contributed by atoms with van der Waals surface area (Å²) in [6.45, 7) is 0. The molecular formula is C66H36F12N6. The van der Waals surface area contributed by atoms with Crippen LogP contribution in [0.4, 0.5) is 52.7 Å². The van der Waals surface area contributed by atoms with Gasteiger partial charge in [0.05, 0.1) is 55.7 Å². The van der Waals surface area contributed by atoms with Crippen molar-refractivity contribution in [1.29, 1.82) is 0 Å². The highest BCUT2D eigenvalue weighted by Crippen LogP contribution is 2.46. The Morgan fingerprint density at radius 3 is 1.10 bits per heavy atom. The Kier molecular flexibility index (Phi) is 12.6. The van der Waals surface area contributed by atoms with Crippen molar-refractivity contribution in [3.8, 4) is 78.9 Å². The van der Waals surface area contributed by atoms with Crippen molar-refractivity contribution in [1.82, 2.24) is 29.1 Å². The van der Waals surface area contributed by atoms with Gasteiger partial charge in [0, 0.05) is 61.8 Å². The van der Waals surface area contributed by atoms with Gasteiger partial charge >= 0.3 is 24.7 Å². The van der Waals surface area contributed by atoms with Gasteiger partial charge in [-0.3, -0.25) is 4.98 Å². The summed E-state index contributed by atoms with van der Waals surface area (Å²) in [4.78, 5) is 19.5. The monoisotopic (exact) mass is 1140 g/mol. The van der Waals surface area contributed by atoms with Gasteiger partial charge < -0.3 is 9.13 Å². The third kappa shape index (κ3) is 9.61. The van der Waals surface area contributed by atoms with E-state index in [1.807, 2.05) is 100 Å². The molecule has 0 spiro atoms. The van der Waals surface area contributed by atoms with Crippen molar-refractivity contribution in [2.75, 3.05) is 0 Å². The lowest BCUT2D eigenvalue weighted by atomic mass is 9.97. The summed E-state index contributed by atoms with van der Waals surface area (Å²) in [5.74, 6) is 1.02. The van der Waals surface area contributed by atoms with Crippen molar-refractivity contribution in [2.45, 2.75) is 24.7 Å². The number of benzene rings is 9. The summed E-state index contributed by atoms with van der Waals surface area (Å²) in [6.07, 6.45) is -17.1. The highest BCUT2D eigenvalue weighted by atomic mass is 19.4. The van der Waals surface area contributed by atoms with Gasteiger partial charge in [-0.2, -0.15) is 52.7 Å². The standard InChI is InChI=1S/C66H36F12N6/c67-63(68,69)44-27-42(28-45(34-44)64(70,71)72)39-20-23-56-51(31-39)48-15-7-9-17-54(48)83(56)58-25-26-79-36-53(58)50-22-19-41(62-81-60(37-11-3-1-4-12-37)80-61(82-62)38-13-5-2-6-14-38)33-59(50)84-55-18-10-8-16-49(55)52-32-40(21-24-57(52)84)43-29-46(65(73,74)75)35-47(30-43)66(76,77)78/h1-36H.